The van der Waals surface area contributed by atoms with Gasteiger partial charge >= 0.3 is 0 Å². The van der Waals surface area contributed by atoms with E-state index in [1.54, 1.807) is 0 Å². The first kappa shape index (κ1) is 16.2. The third-order valence-electron chi connectivity index (χ3n) is 4.39. The Kier molecular flexibility index (Phi) is 5.43. The summed E-state index contributed by atoms with van der Waals surface area (Å²) in [6.45, 7) is 6.41. The van der Waals surface area contributed by atoms with Gasteiger partial charge in [0, 0.05) is 30.8 Å². The molecule has 1 fully saturated rings. The smallest absolute Gasteiger partial charge is 0.0791 e. The number of aromatic amines is 1. The molecule has 2 heterocycles. The van der Waals surface area contributed by atoms with Gasteiger partial charge in [-0.1, -0.05) is 23.8 Å². The van der Waals surface area contributed by atoms with Crippen LogP contribution in [0.4, 0.5) is 0 Å². The van der Waals surface area contributed by atoms with Crippen molar-refractivity contribution in [1.82, 2.24) is 20.4 Å². The Bertz CT molecular complexity index is 619. The fourth-order valence-electron chi connectivity index (χ4n) is 3.20. The maximum atomic E-state index is 10.1. The number of likely N-dealkylation sites (tertiary alicyclic amines) is 1. The highest BCUT2D eigenvalue weighted by Gasteiger charge is 2.15. The molecule has 0 radical (unpaired) electrons. The van der Waals surface area contributed by atoms with Crippen molar-refractivity contribution in [3.63, 3.8) is 0 Å². The van der Waals surface area contributed by atoms with Crippen LogP contribution in [-0.4, -0.2) is 52.5 Å². The van der Waals surface area contributed by atoms with Gasteiger partial charge < -0.3 is 15.3 Å². The van der Waals surface area contributed by atoms with Gasteiger partial charge in [0.15, 0.2) is 0 Å². The van der Waals surface area contributed by atoms with Crippen LogP contribution < -0.4 is 5.32 Å². The van der Waals surface area contributed by atoms with Gasteiger partial charge in [0.25, 0.3) is 0 Å². The van der Waals surface area contributed by atoms with Crippen molar-refractivity contribution < 1.29 is 5.11 Å². The zero-order valence-electron chi connectivity index (χ0n) is 13.8. The minimum absolute atomic E-state index is 0.317. The predicted molar refractivity (Wildman–Crippen MR) is 92.1 cm³/mol. The molecule has 0 spiro atoms. The minimum Gasteiger partial charge on any atom is -0.390 e. The fraction of sp³-hybridized carbons (Fsp3) is 0.500. The summed E-state index contributed by atoms with van der Waals surface area (Å²) in [6.07, 6.45) is 4.06. The van der Waals surface area contributed by atoms with E-state index in [-0.39, 0.29) is 6.10 Å². The van der Waals surface area contributed by atoms with E-state index in [2.05, 4.69) is 51.6 Å². The highest BCUT2D eigenvalue weighted by atomic mass is 16.3. The average molecular weight is 314 g/mol. The third kappa shape index (κ3) is 4.41. The van der Waals surface area contributed by atoms with E-state index < -0.39 is 0 Å². The van der Waals surface area contributed by atoms with Crippen molar-refractivity contribution in [2.24, 2.45) is 0 Å². The Hall–Kier alpha value is -1.69. The van der Waals surface area contributed by atoms with Crippen molar-refractivity contribution in [2.45, 2.75) is 32.4 Å². The van der Waals surface area contributed by atoms with Crippen LogP contribution in [0.3, 0.4) is 0 Å². The molecular formula is C18H26N4O. The number of β-amino-alcohol motifs (C(OH)–C–C–N with tert-alkyl or cyclic N) is 1. The normalized spacial score (nSPS) is 16.8. The van der Waals surface area contributed by atoms with Gasteiger partial charge in [-0.05, 0) is 38.9 Å². The average Bonchev–Trinajstić information content (AvgIpc) is 3.19. The summed E-state index contributed by atoms with van der Waals surface area (Å²) in [5.41, 5.74) is 4.56. The number of hydrogen-bond donors (Lipinski definition) is 3. The number of H-pyrrole nitrogens is 1. The zero-order chi connectivity index (χ0) is 16.1. The first-order chi connectivity index (χ1) is 11.2. The Morgan fingerprint density at radius 2 is 2.17 bits per heavy atom. The summed E-state index contributed by atoms with van der Waals surface area (Å²) in [5.74, 6) is 0. The van der Waals surface area contributed by atoms with Crippen LogP contribution in [0.1, 0.15) is 24.0 Å². The minimum atomic E-state index is -0.317. The van der Waals surface area contributed by atoms with Gasteiger partial charge in [-0.3, -0.25) is 5.10 Å². The van der Waals surface area contributed by atoms with Crippen LogP contribution >= 0.6 is 0 Å². The summed E-state index contributed by atoms with van der Waals surface area (Å²) < 4.78 is 0. The third-order valence-corrected chi connectivity index (χ3v) is 4.39. The highest BCUT2D eigenvalue weighted by molar-refractivity contribution is 5.63. The van der Waals surface area contributed by atoms with Crippen molar-refractivity contribution in [1.29, 1.82) is 0 Å². The molecule has 1 aromatic heterocycles. The lowest BCUT2D eigenvalue weighted by Crippen LogP contribution is -2.36. The summed E-state index contributed by atoms with van der Waals surface area (Å²) in [4.78, 5) is 2.34. The monoisotopic (exact) mass is 314 g/mol. The number of aromatic nitrogens is 2. The molecule has 1 aromatic carbocycles. The molecule has 1 saturated heterocycles. The van der Waals surface area contributed by atoms with Gasteiger partial charge in [0.2, 0.25) is 0 Å². The van der Waals surface area contributed by atoms with Gasteiger partial charge in [0.05, 0.1) is 18.0 Å². The molecule has 0 bridgehead atoms. The van der Waals surface area contributed by atoms with Crippen LogP contribution in [0.2, 0.25) is 0 Å². The van der Waals surface area contributed by atoms with Crippen LogP contribution in [0.15, 0.2) is 30.5 Å². The zero-order valence-corrected chi connectivity index (χ0v) is 13.8. The molecule has 5 heteroatoms. The van der Waals surface area contributed by atoms with E-state index in [9.17, 15) is 5.11 Å². The number of rotatable bonds is 7. The molecule has 0 saturated carbocycles. The lowest BCUT2D eigenvalue weighted by Gasteiger charge is -2.19. The SMILES string of the molecule is Cc1cccc(-c2[nH]ncc2CNCC(O)CN2CCCC2)c1. The molecule has 1 unspecified atom stereocenters. The molecule has 0 amide bonds. The molecule has 124 valence electrons. The Morgan fingerprint density at radius 3 is 2.96 bits per heavy atom. The number of nitrogens with zero attached hydrogens (tertiary/aromatic N) is 2. The van der Waals surface area contributed by atoms with Crippen LogP contribution in [0.25, 0.3) is 11.3 Å². The topological polar surface area (TPSA) is 64.2 Å². The van der Waals surface area contributed by atoms with E-state index in [0.29, 0.717) is 13.1 Å². The van der Waals surface area contributed by atoms with E-state index in [1.807, 2.05) is 6.20 Å². The largest absolute Gasteiger partial charge is 0.390 e. The van der Waals surface area contributed by atoms with Crippen molar-refractivity contribution in [3.05, 3.63) is 41.6 Å². The molecule has 3 N–H and O–H groups in total. The van der Waals surface area contributed by atoms with E-state index >= 15 is 0 Å². The molecule has 5 nitrogen and oxygen atoms in total. The molecule has 23 heavy (non-hydrogen) atoms. The number of nitrogens with one attached hydrogen (secondary N) is 2. The Morgan fingerprint density at radius 1 is 1.35 bits per heavy atom. The first-order valence-electron chi connectivity index (χ1n) is 8.43. The Balaban J connectivity index is 1.52. The van der Waals surface area contributed by atoms with Crippen LogP contribution in [-0.2, 0) is 6.54 Å². The molecule has 1 atom stereocenters. The van der Waals surface area contributed by atoms with Gasteiger partial charge in [-0.25, -0.2) is 0 Å². The maximum Gasteiger partial charge on any atom is 0.0791 e. The van der Waals surface area contributed by atoms with E-state index in [4.69, 9.17) is 0 Å². The maximum absolute atomic E-state index is 10.1. The van der Waals surface area contributed by atoms with Crippen LogP contribution in [0, 0.1) is 6.92 Å². The van der Waals surface area contributed by atoms with Gasteiger partial charge in [-0.2, -0.15) is 5.10 Å². The predicted octanol–water partition coefficient (Wildman–Crippen LogP) is 1.93. The summed E-state index contributed by atoms with van der Waals surface area (Å²) in [7, 11) is 0. The number of aliphatic hydroxyl groups is 1. The van der Waals surface area contributed by atoms with Crippen LogP contribution in [0.5, 0.6) is 0 Å². The summed E-state index contributed by atoms with van der Waals surface area (Å²) in [6, 6.07) is 8.39. The second-order valence-electron chi connectivity index (χ2n) is 6.43. The Labute approximate surface area is 137 Å². The van der Waals surface area contributed by atoms with E-state index in [1.165, 1.54) is 18.4 Å². The number of aliphatic hydroxyl groups excluding tert-OH is 1. The lowest BCUT2D eigenvalue weighted by molar-refractivity contribution is 0.123. The second kappa shape index (κ2) is 7.73. The van der Waals surface area contributed by atoms with Crippen molar-refractivity contribution >= 4 is 0 Å². The van der Waals surface area contributed by atoms with E-state index in [0.717, 1.165) is 36.5 Å². The molecule has 3 rings (SSSR count). The lowest BCUT2D eigenvalue weighted by atomic mass is 10.1. The molecular weight excluding hydrogens is 288 g/mol. The summed E-state index contributed by atoms with van der Waals surface area (Å²) >= 11 is 0. The molecule has 1 aliphatic rings. The number of hydrogen-bond acceptors (Lipinski definition) is 4. The van der Waals surface area contributed by atoms with Crippen molar-refractivity contribution in [3.8, 4) is 11.3 Å². The number of benzene rings is 1. The van der Waals surface area contributed by atoms with Crippen molar-refractivity contribution in [2.75, 3.05) is 26.2 Å². The highest BCUT2D eigenvalue weighted by Crippen LogP contribution is 2.21. The molecule has 1 aliphatic heterocycles. The standard InChI is InChI=1S/C18H26N4O/c1-14-5-4-6-15(9-14)18-16(11-20-21-18)10-19-12-17(23)13-22-7-2-3-8-22/h4-6,9,11,17,19,23H,2-3,7-8,10,12-13H2,1H3,(H,20,21). The number of aryl methyl sites for hydroxylation is 1. The first-order valence-corrected chi connectivity index (χ1v) is 8.43. The quantitative estimate of drug-likeness (QED) is 0.731. The summed E-state index contributed by atoms with van der Waals surface area (Å²) in [5, 5.41) is 20.7. The van der Waals surface area contributed by atoms with Gasteiger partial charge in [-0.15, -0.1) is 0 Å². The molecule has 2 aromatic rings. The molecule has 0 aliphatic carbocycles. The van der Waals surface area contributed by atoms with Gasteiger partial charge in [0.1, 0.15) is 0 Å². The second-order valence-corrected chi connectivity index (χ2v) is 6.43. The fourth-order valence-corrected chi connectivity index (χ4v) is 3.20.